The largest absolute Gasteiger partial charge is 0.351 e. The lowest BCUT2D eigenvalue weighted by Gasteiger charge is -2.31. The SMILES string of the molecule is CCN(CC)CC(C)NC(=O)C1(C#N)CCCCC1. The van der Waals surface area contributed by atoms with Crippen LogP contribution in [0.5, 0.6) is 0 Å². The fourth-order valence-corrected chi connectivity index (χ4v) is 2.82. The molecule has 0 spiro atoms. The molecular formula is C15H27N3O. The standard InChI is InChI=1S/C15H27N3O/c1-4-18(5-2)11-13(3)17-14(19)15(12-16)9-7-6-8-10-15/h13H,4-11H2,1-3H3,(H,17,19). The summed E-state index contributed by atoms with van der Waals surface area (Å²) >= 11 is 0. The van der Waals surface area contributed by atoms with E-state index in [1.165, 1.54) is 0 Å². The monoisotopic (exact) mass is 265 g/mol. The normalized spacial score (nSPS) is 19.7. The van der Waals surface area contributed by atoms with Crippen molar-refractivity contribution in [2.24, 2.45) is 5.41 Å². The minimum Gasteiger partial charge on any atom is -0.351 e. The van der Waals surface area contributed by atoms with Gasteiger partial charge in [0, 0.05) is 12.6 Å². The second kappa shape index (κ2) is 7.49. The second-order valence-corrected chi connectivity index (χ2v) is 5.61. The van der Waals surface area contributed by atoms with Crippen LogP contribution in [0.15, 0.2) is 0 Å². The number of hydrogen-bond acceptors (Lipinski definition) is 3. The van der Waals surface area contributed by atoms with E-state index in [9.17, 15) is 10.1 Å². The van der Waals surface area contributed by atoms with Crippen molar-refractivity contribution in [2.75, 3.05) is 19.6 Å². The smallest absolute Gasteiger partial charge is 0.240 e. The van der Waals surface area contributed by atoms with Gasteiger partial charge in [-0.05, 0) is 32.9 Å². The van der Waals surface area contributed by atoms with Gasteiger partial charge in [0.2, 0.25) is 5.91 Å². The number of carbonyl (C=O) groups excluding carboxylic acids is 1. The molecule has 4 heteroatoms. The average Bonchev–Trinajstić information content (AvgIpc) is 2.45. The van der Waals surface area contributed by atoms with Crippen molar-refractivity contribution < 1.29 is 4.79 Å². The molecule has 4 nitrogen and oxygen atoms in total. The first-order chi connectivity index (χ1) is 9.07. The van der Waals surface area contributed by atoms with Crippen LogP contribution in [0.4, 0.5) is 0 Å². The van der Waals surface area contributed by atoms with Crippen LogP contribution in [-0.4, -0.2) is 36.5 Å². The Morgan fingerprint density at radius 1 is 1.32 bits per heavy atom. The summed E-state index contributed by atoms with van der Waals surface area (Å²) in [6.07, 6.45) is 4.56. The molecule has 0 aromatic rings. The molecule has 1 atom stereocenters. The van der Waals surface area contributed by atoms with Gasteiger partial charge in [-0.2, -0.15) is 5.26 Å². The molecule has 0 radical (unpaired) electrons. The van der Waals surface area contributed by atoms with E-state index in [1.807, 2.05) is 6.92 Å². The van der Waals surface area contributed by atoms with Crippen molar-refractivity contribution in [3.05, 3.63) is 0 Å². The lowest BCUT2D eigenvalue weighted by molar-refractivity contribution is -0.130. The van der Waals surface area contributed by atoms with E-state index in [2.05, 4.69) is 30.1 Å². The van der Waals surface area contributed by atoms with Crippen LogP contribution in [0.1, 0.15) is 52.9 Å². The van der Waals surface area contributed by atoms with E-state index in [4.69, 9.17) is 0 Å². The highest BCUT2D eigenvalue weighted by Crippen LogP contribution is 2.35. The van der Waals surface area contributed by atoms with Crippen molar-refractivity contribution in [1.82, 2.24) is 10.2 Å². The van der Waals surface area contributed by atoms with Crippen molar-refractivity contribution in [3.8, 4) is 6.07 Å². The molecule has 0 aromatic carbocycles. The third-order valence-electron chi connectivity index (χ3n) is 4.16. The van der Waals surface area contributed by atoms with Crippen molar-refractivity contribution in [3.63, 3.8) is 0 Å². The molecule has 0 bridgehead atoms. The number of nitriles is 1. The molecule has 108 valence electrons. The van der Waals surface area contributed by atoms with Crippen LogP contribution < -0.4 is 5.32 Å². The second-order valence-electron chi connectivity index (χ2n) is 5.61. The zero-order chi connectivity index (χ0) is 14.3. The fourth-order valence-electron chi connectivity index (χ4n) is 2.82. The van der Waals surface area contributed by atoms with E-state index < -0.39 is 5.41 Å². The van der Waals surface area contributed by atoms with E-state index >= 15 is 0 Å². The van der Waals surface area contributed by atoms with Crippen LogP contribution in [0.2, 0.25) is 0 Å². The molecule has 1 fully saturated rings. The summed E-state index contributed by atoms with van der Waals surface area (Å²) in [6, 6.07) is 2.38. The molecule has 0 aliphatic heterocycles. The summed E-state index contributed by atoms with van der Waals surface area (Å²) in [5.74, 6) is -0.0608. The Balaban J connectivity index is 2.55. The lowest BCUT2D eigenvalue weighted by Crippen LogP contribution is -2.48. The molecule has 1 unspecified atom stereocenters. The average molecular weight is 265 g/mol. The Morgan fingerprint density at radius 2 is 1.89 bits per heavy atom. The molecule has 1 rings (SSSR count). The van der Waals surface area contributed by atoms with Crippen LogP contribution in [0.3, 0.4) is 0 Å². The Bertz CT molecular complexity index is 325. The molecule has 1 amide bonds. The predicted molar refractivity (Wildman–Crippen MR) is 76.5 cm³/mol. The molecular weight excluding hydrogens is 238 g/mol. The maximum atomic E-state index is 12.4. The van der Waals surface area contributed by atoms with Gasteiger partial charge in [-0.25, -0.2) is 0 Å². The van der Waals surface area contributed by atoms with Gasteiger partial charge < -0.3 is 10.2 Å². The topological polar surface area (TPSA) is 56.1 Å². The third kappa shape index (κ3) is 4.21. The summed E-state index contributed by atoms with van der Waals surface area (Å²) in [4.78, 5) is 14.7. The van der Waals surface area contributed by atoms with E-state index in [1.54, 1.807) is 0 Å². The maximum absolute atomic E-state index is 12.4. The Labute approximate surface area is 117 Å². The predicted octanol–water partition coefficient (Wildman–Crippen LogP) is 2.31. The first kappa shape index (κ1) is 16.0. The summed E-state index contributed by atoms with van der Waals surface area (Å²) in [6.45, 7) is 9.08. The lowest BCUT2D eigenvalue weighted by atomic mass is 9.74. The Hall–Kier alpha value is -1.08. The number of rotatable bonds is 6. The van der Waals surface area contributed by atoms with Crippen molar-refractivity contribution in [2.45, 2.75) is 58.9 Å². The highest BCUT2D eigenvalue weighted by atomic mass is 16.2. The molecule has 1 saturated carbocycles. The molecule has 19 heavy (non-hydrogen) atoms. The van der Waals surface area contributed by atoms with Crippen LogP contribution in [-0.2, 0) is 4.79 Å². The van der Waals surface area contributed by atoms with Crippen molar-refractivity contribution in [1.29, 1.82) is 5.26 Å². The van der Waals surface area contributed by atoms with Gasteiger partial charge in [0.15, 0.2) is 0 Å². The Morgan fingerprint density at radius 3 is 2.37 bits per heavy atom. The first-order valence-electron chi connectivity index (χ1n) is 7.52. The molecule has 1 N–H and O–H groups in total. The molecule has 1 aliphatic rings. The minimum absolute atomic E-state index is 0.0608. The summed E-state index contributed by atoms with van der Waals surface area (Å²) in [5, 5.41) is 12.4. The maximum Gasteiger partial charge on any atom is 0.240 e. The number of nitrogens with one attached hydrogen (secondary N) is 1. The highest BCUT2D eigenvalue weighted by Gasteiger charge is 2.40. The third-order valence-corrected chi connectivity index (χ3v) is 4.16. The number of amides is 1. The number of nitrogens with zero attached hydrogens (tertiary/aromatic N) is 2. The minimum atomic E-state index is -0.768. The first-order valence-corrected chi connectivity index (χ1v) is 7.52. The van der Waals surface area contributed by atoms with Gasteiger partial charge >= 0.3 is 0 Å². The zero-order valence-corrected chi connectivity index (χ0v) is 12.5. The van der Waals surface area contributed by atoms with E-state index in [0.29, 0.717) is 12.8 Å². The van der Waals surface area contributed by atoms with Gasteiger partial charge in [-0.3, -0.25) is 4.79 Å². The number of carbonyl (C=O) groups is 1. The van der Waals surface area contributed by atoms with E-state index in [0.717, 1.165) is 38.9 Å². The number of likely N-dealkylation sites (N-methyl/N-ethyl adjacent to an activating group) is 1. The quantitative estimate of drug-likeness (QED) is 0.801. The number of hydrogen-bond donors (Lipinski definition) is 1. The van der Waals surface area contributed by atoms with Gasteiger partial charge in [0.05, 0.1) is 6.07 Å². The molecule has 0 heterocycles. The zero-order valence-electron chi connectivity index (χ0n) is 12.5. The summed E-state index contributed by atoms with van der Waals surface area (Å²) in [5.41, 5.74) is -0.768. The Kier molecular flexibility index (Phi) is 6.30. The van der Waals surface area contributed by atoms with E-state index in [-0.39, 0.29) is 11.9 Å². The van der Waals surface area contributed by atoms with Crippen molar-refractivity contribution >= 4 is 5.91 Å². The highest BCUT2D eigenvalue weighted by molar-refractivity contribution is 5.85. The van der Waals surface area contributed by atoms with Gasteiger partial charge in [-0.1, -0.05) is 33.1 Å². The van der Waals surface area contributed by atoms with Gasteiger partial charge in [0.25, 0.3) is 0 Å². The molecule has 0 aromatic heterocycles. The summed E-state index contributed by atoms with van der Waals surface area (Å²) in [7, 11) is 0. The summed E-state index contributed by atoms with van der Waals surface area (Å²) < 4.78 is 0. The van der Waals surface area contributed by atoms with Crippen LogP contribution >= 0.6 is 0 Å². The van der Waals surface area contributed by atoms with Crippen LogP contribution in [0, 0.1) is 16.7 Å². The van der Waals surface area contributed by atoms with Crippen LogP contribution in [0.25, 0.3) is 0 Å². The molecule has 0 saturated heterocycles. The fraction of sp³-hybridized carbons (Fsp3) is 0.867. The van der Waals surface area contributed by atoms with Gasteiger partial charge in [0.1, 0.15) is 5.41 Å². The molecule has 1 aliphatic carbocycles. The van der Waals surface area contributed by atoms with Gasteiger partial charge in [-0.15, -0.1) is 0 Å².